The van der Waals surface area contributed by atoms with Crippen molar-refractivity contribution in [2.45, 2.75) is 25.4 Å². The molecule has 3 N–H and O–H groups in total. The summed E-state index contributed by atoms with van der Waals surface area (Å²) >= 11 is 0. The zero-order valence-corrected chi connectivity index (χ0v) is 12.1. The summed E-state index contributed by atoms with van der Waals surface area (Å²) in [7, 11) is 0. The number of hydrogen-bond acceptors (Lipinski definition) is 3. The van der Waals surface area contributed by atoms with Crippen molar-refractivity contribution in [3.05, 3.63) is 35.9 Å². The maximum Gasteiger partial charge on any atom is 0.325 e. The van der Waals surface area contributed by atoms with Crippen molar-refractivity contribution in [1.29, 1.82) is 0 Å². The summed E-state index contributed by atoms with van der Waals surface area (Å²) in [6, 6.07) is 9.01. The fraction of sp³-hybridized carbons (Fsp3) is 0.467. The third-order valence-corrected chi connectivity index (χ3v) is 3.52. The number of nitrogens with one attached hydrogen (secondary N) is 2. The van der Waals surface area contributed by atoms with E-state index in [-0.39, 0.29) is 6.54 Å². The Kier molecular flexibility index (Phi) is 4.80. The molecular weight excluding hydrogens is 270 g/mol. The van der Waals surface area contributed by atoms with Crippen LogP contribution in [-0.2, 0) is 6.42 Å². The number of benzene rings is 1. The Balaban J connectivity index is 1.78. The highest BCUT2D eigenvalue weighted by atomic mass is 16.3. The number of aliphatic hydroxyl groups is 1. The number of hydrogen-bond donors (Lipinski definition) is 3. The summed E-state index contributed by atoms with van der Waals surface area (Å²) in [5.74, 6) is 0. The van der Waals surface area contributed by atoms with Crippen LogP contribution in [0.25, 0.3) is 0 Å². The predicted octanol–water partition coefficient (Wildman–Crippen LogP) is 1.10. The summed E-state index contributed by atoms with van der Waals surface area (Å²) < 4.78 is 0. The smallest absolute Gasteiger partial charge is 0.325 e. The molecule has 1 aliphatic heterocycles. The Labute approximate surface area is 124 Å². The van der Waals surface area contributed by atoms with E-state index < -0.39 is 17.7 Å². The van der Waals surface area contributed by atoms with E-state index in [4.69, 9.17) is 0 Å². The average molecular weight is 291 g/mol. The van der Waals surface area contributed by atoms with Crippen LogP contribution >= 0.6 is 0 Å². The molecule has 1 heterocycles. The highest BCUT2D eigenvalue weighted by Crippen LogP contribution is 2.13. The third kappa shape index (κ3) is 4.46. The van der Waals surface area contributed by atoms with Gasteiger partial charge in [-0.05, 0) is 25.3 Å². The number of carbonyl (C=O) groups excluding carboxylic acids is 2. The number of carbonyl (C=O) groups is 2. The monoisotopic (exact) mass is 291 g/mol. The molecule has 1 aromatic carbocycles. The van der Waals surface area contributed by atoms with Gasteiger partial charge in [-0.1, -0.05) is 30.3 Å². The van der Waals surface area contributed by atoms with E-state index in [2.05, 4.69) is 10.6 Å². The molecule has 0 spiro atoms. The van der Waals surface area contributed by atoms with Crippen LogP contribution in [0.15, 0.2) is 30.3 Å². The largest absolute Gasteiger partial charge is 0.388 e. The van der Waals surface area contributed by atoms with Gasteiger partial charge in [0.15, 0.2) is 0 Å². The fourth-order valence-electron chi connectivity index (χ4n) is 2.17. The van der Waals surface area contributed by atoms with Crippen molar-refractivity contribution in [3.63, 3.8) is 0 Å². The maximum atomic E-state index is 11.8. The summed E-state index contributed by atoms with van der Waals surface area (Å²) in [6.45, 7) is 2.62. The van der Waals surface area contributed by atoms with Gasteiger partial charge in [-0.25, -0.2) is 14.5 Å². The summed E-state index contributed by atoms with van der Waals surface area (Å²) in [5, 5.41) is 15.5. The van der Waals surface area contributed by atoms with Crippen LogP contribution in [0.1, 0.15) is 18.9 Å². The van der Waals surface area contributed by atoms with Gasteiger partial charge in [-0.3, -0.25) is 0 Å². The first-order valence-corrected chi connectivity index (χ1v) is 7.07. The molecule has 21 heavy (non-hydrogen) atoms. The molecule has 6 nitrogen and oxygen atoms in total. The van der Waals surface area contributed by atoms with Crippen LogP contribution in [0.5, 0.6) is 0 Å². The molecule has 1 fully saturated rings. The number of amides is 4. The molecule has 1 aromatic rings. The van der Waals surface area contributed by atoms with Crippen LogP contribution in [0.3, 0.4) is 0 Å². The van der Waals surface area contributed by atoms with Gasteiger partial charge in [0.1, 0.15) is 0 Å². The minimum absolute atomic E-state index is 0.114. The second kappa shape index (κ2) is 6.58. The van der Waals surface area contributed by atoms with Gasteiger partial charge >= 0.3 is 12.1 Å². The van der Waals surface area contributed by atoms with E-state index in [1.165, 1.54) is 0 Å². The molecule has 0 bridgehead atoms. The van der Waals surface area contributed by atoms with Crippen molar-refractivity contribution >= 4 is 12.1 Å². The second-order valence-electron chi connectivity index (χ2n) is 5.52. The van der Waals surface area contributed by atoms with Crippen molar-refractivity contribution in [3.8, 4) is 0 Å². The molecule has 1 saturated heterocycles. The van der Waals surface area contributed by atoms with Gasteiger partial charge in [-0.15, -0.1) is 0 Å². The highest BCUT2D eigenvalue weighted by Gasteiger charge is 2.28. The van der Waals surface area contributed by atoms with E-state index in [0.29, 0.717) is 19.5 Å². The normalized spacial score (nSPS) is 17.2. The Morgan fingerprint density at radius 2 is 2.14 bits per heavy atom. The van der Waals surface area contributed by atoms with Crippen molar-refractivity contribution in [2.75, 3.05) is 19.6 Å². The molecule has 0 unspecified atom stereocenters. The van der Waals surface area contributed by atoms with Crippen LogP contribution in [0.2, 0.25) is 0 Å². The van der Waals surface area contributed by atoms with Crippen molar-refractivity contribution in [2.24, 2.45) is 0 Å². The van der Waals surface area contributed by atoms with E-state index in [1.807, 2.05) is 30.3 Å². The van der Waals surface area contributed by atoms with Gasteiger partial charge in [0.05, 0.1) is 5.60 Å². The molecule has 114 valence electrons. The molecule has 1 aliphatic rings. The molecular formula is C15H21N3O3. The summed E-state index contributed by atoms with van der Waals surface area (Å²) in [5.41, 5.74) is 0.129. The quantitative estimate of drug-likeness (QED) is 0.760. The molecule has 0 aromatic heterocycles. The average Bonchev–Trinajstić information content (AvgIpc) is 2.90. The lowest BCUT2D eigenvalue weighted by Gasteiger charge is -2.25. The fourth-order valence-corrected chi connectivity index (χ4v) is 2.17. The van der Waals surface area contributed by atoms with Gasteiger partial charge < -0.3 is 15.7 Å². The number of nitrogens with zero attached hydrogens (tertiary/aromatic N) is 1. The van der Waals surface area contributed by atoms with Crippen LogP contribution in [0, 0.1) is 0 Å². The molecule has 0 saturated carbocycles. The van der Waals surface area contributed by atoms with Crippen molar-refractivity contribution in [1.82, 2.24) is 15.5 Å². The minimum Gasteiger partial charge on any atom is -0.388 e. The first-order chi connectivity index (χ1) is 9.98. The Hall–Kier alpha value is -2.08. The van der Waals surface area contributed by atoms with E-state index >= 15 is 0 Å². The van der Waals surface area contributed by atoms with Gasteiger partial charge in [0, 0.05) is 19.6 Å². The first-order valence-electron chi connectivity index (χ1n) is 7.07. The molecule has 6 heteroatoms. The SMILES string of the molecule is C[C@@](O)(CCc1ccccc1)CNC(=O)N1CCNC1=O. The van der Waals surface area contributed by atoms with E-state index in [0.717, 1.165) is 16.9 Å². The van der Waals surface area contributed by atoms with Gasteiger partial charge in [0.25, 0.3) is 0 Å². The van der Waals surface area contributed by atoms with Gasteiger partial charge in [0.2, 0.25) is 0 Å². The topological polar surface area (TPSA) is 81.7 Å². The van der Waals surface area contributed by atoms with Crippen molar-refractivity contribution < 1.29 is 14.7 Å². The third-order valence-electron chi connectivity index (χ3n) is 3.52. The number of imide groups is 1. The number of urea groups is 2. The highest BCUT2D eigenvalue weighted by molar-refractivity contribution is 5.94. The Morgan fingerprint density at radius 1 is 1.43 bits per heavy atom. The molecule has 1 atom stereocenters. The van der Waals surface area contributed by atoms with Crippen LogP contribution in [-0.4, -0.2) is 47.3 Å². The number of rotatable bonds is 5. The van der Waals surface area contributed by atoms with Crippen LogP contribution in [0.4, 0.5) is 9.59 Å². The molecule has 0 aliphatic carbocycles. The predicted molar refractivity (Wildman–Crippen MR) is 78.9 cm³/mol. The zero-order chi connectivity index (χ0) is 15.3. The molecule has 4 amide bonds. The lowest BCUT2D eigenvalue weighted by molar-refractivity contribution is 0.0524. The standard InChI is InChI=1S/C15H21N3O3/c1-15(21,8-7-12-5-3-2-4-6-12)11-17-14(20)18-10-9-16-13(18)19/h2-6,21H,7-11H2,1H3,(H,16,19)(H,17,20)/t15-/m1/s1. The van der Waals surface area contributed by atoms with E-state index in [9.17, 15) is 14.7 Å². The van der Waals surface area contributed by atoms with E-state index in [1.54, 1.807) is 6.92 Å². The maximum absolute atomic E-state index is 11.8. The summed E-state index contributed by atoms with van der Waals surface area (Å²) in [6.07, 6.45) is 1.26. The van der Waals surface area contributed by atoms with Gasteiger partial charge in [-0.2, -0.15) is 0 Å². The Bertz CT molecular complexity index is 502. The Morgan fingerprint density at radius 3 is 2.76 bits per heavy atom. The molecule has 2 rings (SSSR count). The van der Waals surface area contributed by atoms with Crippen LogP contribution < -0.4 is 10.6 Å². The lowest BCUT2D eigenvalue weighted by Crippen LogP contribution is -2.47. The molecule has 0 radical (unpaired) electrons. The second-order valence-corrected chi connectivity index (χ2v) is 5.52. The lowest BCUT2D eigenvalue weighted by atomic mass is 9.97. The zero-order valence-electron chi connectivity index (χ0n) is 12.1. The first kappa shape index (κ1) is 15.3. The minimum atomic E-state index is -1.01. The summed E-state index contributed by atoms with van der Waals surface area (Å²) in [4.78, 5) is 24.3. The number of aryl methyl sites for hydroxylation is 1.